The molecular weight excluding hydrogens is 149 g/mol. The molecular formula is C6H8FN3O. The summed E-state index contributed by atoms with van der Waals surface area (Å²) in [5, 5.41) is 0. The Morgan fingerprint density at radius 2 is 2.27 bits per heavy atom. The molecule has 0 unspecified atom stereocenters. The van der Waals surface area contributed by atoms with Crippen LogP contribution >= 0.6 is 0 Å². The van der Waals surface area contributed by atoms with Gasteiger partial charge in [-0.25, -0.2) is 0 Å². The van der Waals surface area contributed by atoms with Crippen LogP contribution in [0.5, 0.6) is 0 Å². The fourth-order valence-electron chi connectivity index (χ4n) is 0.628. The Balaban J connectivity index is 3.19. The predicted octanol–water partition coefficient (Wildman–Crippen LogP) is -0.0250. The van der Waals surface area contributed by atoms with Crippen LogP contribution in [0.25, 0.3) is 0 Å². The van der Waals surface area contributed by atoms with E-state index in [1.54, 1.807) is 14.1 Å². The smallest absolute Gasteiger partial charge is 0.255 e. The predicted molar refractivity (Wildman–Crippen MR) is 39.1 cm³/mol. The maximum Gasteiger partial charge on any atom is 0.255 e. The zero-order valence-corrected chi connectivity index (χ0v) is 6.26. The van der Waals surface area contributed by atoms with Crippen LogP contribution in [-0.4, -0.2) is 24.1 Å². The standard InChI is InChI=1S/C6H8FN3O/c1-10(2)6-8-4(7)3-5(11)9-6/h3H,1-2H3,(H,8,9,11). The van der Waals surface area contributed by atoms with E-state index in [4.69, 9.17) is 0 Å². The monoisotopic (exact) mass is 157 g/mol. The van der Waals surface area contributed by atoms with Gasteiger partial charge in [0.05, 0.1) is 6.07 Å². The van der Waals surface area contributed by atoms with Crippen LogP contribution in [0.3, 0.4) is 0 Å². The second-order valence-electron chi connectivity index (χ2n) is 2.29. The molecule has 1 aromatic rings. The molecule has 0 fully saturated rings. The SMILES string of the molecule is CN(C)c1nc(F)cc(=O)[nH]1. The van der Waals surface area contributed by atoms with Gasteiger partial charge in [-0.15, -0.1) is 0 Å². The molecule has 0 amide bonds. The highest BCUT2D eigenvalue weighted by atomic mass is 19.1. The van der Waals surface area contributed by atoms with Gasteiger partial charge in [0.1, 0.15) is 0 Å². The summed E-state index contributed by atoms with van der Waals surface area (Å²) in [5.74, 6) is -0.549. The number of aromatic amines is 1. The minimum Gasteiger partial charge on any atom is -0.348 e. The van der Waals surface area contributed by atoms with Crippen molar-refractivity contribution in [1.82, 2.24) is 9.97 Å². The summed E-state index contributed by atoms with van der Waals surface area (Å²) in [5.41, 5.74) is -0.485. The van der Waals surface area contributed by atoms with Crippen molar-refractivity contribution in [3.05, 3.63) is 22.4 Å². The first-order valence-corrected chi connectivity index (χ1v) is 3.04. The van der Waals surface area contributed by atoms with E-state index in [1.165, 1.54) is 4.90 Å². The second-order valence-corrected chi connectivity index (χ2v) is 2.29. The molecule has 5 heteroatoms. The van der Waals surface area contributed by atoms with Gasteiger partial charge >= 0.3 is 0 Å². The van der Waals surface area contributed by atoms with Crippen LogP contribution in [0, 0.1) is 5.95 Å². The molecule has 0 radical (unpaired) electrons. The zero-order chi connectivity index (χ0) is 8.43. The number of hydrogen-bond donors (Lipinski definition) is 1. The summed E-state index contributed by atoms with van der Waals surface area (Å²) in [6.07, 6.45) is 0. The lowest BCUT2D eigenvalue weighted by atomic mass is 10.6. The number of aromatic nitrogens is 2. The molecule has 1 heterocycles. The molecule has 0 aromatic carbocycles. The summed E-state index contributed by atoms with van der Waals surface area (Å²) >= 11 is 0. The van der Waals surface area contributed by atoms with Crippen molar-refractivity contribution in [2.24, 2.45) is 0 Å². The molecule has 0 aliphatic carbocycles. The van der Waals surface area contributed by atoms with Crippen LogP contribution in [0.15, 0.2) is 10.9 Å². The van der Waals surface area contributed by atoms with Crippen molar-refractivity contribution in [3.63, 3.8) is 0 Å². The number of nitrogens with zero attached hydrogens (tertiary/aromatic N) is 2. The van der Waals surface area contributed by atoms with E-state index in [9.17, 15) is 9.18 Å². The zero-order valence-electron chi connectivity index (χ0n) is 6.26. The Morgan fingerprint density at radius 3 is 2.73 bits per heavy atom. The van der Waals surface area contributed by atoms with E-state index in [0.717, 1.165) is 6.07 Å². The molecule has 1 rings (SSSR count). The molecule has 1 N–H and O–H groups in total. The summed E-state index contributed by atoms with van der Waals surface area (Å²) in [6.45, 7) is 0. The van der Waals surface area contributed by atoms with Crippen molar-refractivity contribution in [1.29, 1.82) is 0 Å². The lowest BCUT2D eigenvalue weighted by Gasteiger charge is -2.08. The van der Waals surface area contributed by atoms with Gasteiger partial charge in [-0.3, -0.25) is 9.78 Å². The first-order chi connectivity index (χ1) is 5.09. The summed E-state index contributed by atoms with van der Waals surface area (Å²) in [4.78, 5) is 18.0. The normalized spacial score (nSPS) is 9.73. The highest BCUT2D eigenvalue weighted by Crippen LogP contribution is 1.97. The minimum absolute atomic E-state index is 0.218. The third-order valence-electron chi connectivity index (χ3n) is 1.12. The van der Waals surface area contributed by atoms with Gasteiger partial charge in [0, 0.05) is 14.1 Å². The number of halogens is 1. The average Bonchev–Trinajstić information content (AvgIpc) is 1.85. The van der Waals surface area contributed by atoms with E-state index in [-0.39, 0.29) is 5.95 Å². The van der Waals surface area contributed by atoms with E-state index < -0.39 is 11.5 Å². The molecule has 0 saturated heterocycles. The molecule has 0 aliphatic heterocycles. The third-order valence-corrected chi connectivity index (χ3v) is 1.12. The lowest BCUT2D eigenvalue weighted by Crippen LogP contribution is -2.18. The number of rotatable bonds is 1. The Hall–Kier alpha value is -1.39. The van der Waals surface area contributed by atoms with Crippen LogP contribution in [0.4, 0.5) is 10.3 Å². The Bertz CT molecular complexity index is 307. The average molecular weight is 157 g/mol. The van der Waals surface area contributed by atoms with Crippen LogP contribution in [0.2, 0.25) is 0 Å². The van der Waals surface area contributed by atoms with Crippen molar-refractivity contribution in [2.75, 3.05) is 19.0 Å². The maximum absolute atomic E-state index is 12.4. The van der Waals surface area contributed by atoms with Crippen molar-refractivity contribution < 1.29 is 4.39 Å². The molecule has 1 aromatic heterocycles. The molecule has 0 atom stereocenters. The number of H-pyrrole nitrogens is 1. The highest BCUT2D eigenvalue weighted by molar-refractivity contribution is 5.24. The summed E-state index contributed by atoms with van der Waals surface area (Å²) < 4.78 is 12.4. The molecule has 0 saturated carbocycles. The van der Waals surface area contributed by atoms with Gasteiger partial charge in [0.15, 0.2) is 0 Å². The van der Waals surface area contributed by atoms with Gasteiger partial charge in [0.25, 0.3) is 5.56 Å². The maximum atomic E-state index is 12.4. The summed E-state index contributed by atoms with van der Waals surface area (Å²) in [6, 6.07) is 0.799. The molecule has 0 spiro atoms. The van der Waals surface area contributed by atoms with E-state index >= 15 is 0 Å². The van der Waals surface area contributed by atoms with Crippen LogP contribution in [0.1, 0.15) is 0 Å². The molecule has 11 heavy (non-hydrogen) atoms. The topological polar surface area (TPSA) is 49.0 Å². The lowest BCUT2D eigenvalue weighted by molar-refractivity contribution is 0.576. The molecule has 60 valence electrons. The van der Waals surface area contributed by atoms with Crippen molar-refractivity contribution in [3.8, 4) is 0 Å². The van der Waals surface area contributed by atoms with Gasteiger partial charge in [-0.2, -0.15) is 9.37 Å². The number of hydrogen-bond acceptors (Lipinski definition) is 3. The van der Waals surface area contributed by atoms with E-state index in [0.29, 0.717) is 0 Å². The fraction of sp³-hybridized carbons (Fsp3) is 0.333. The molecule has 0 bridgehead atoms. The quantitative estimate of drug-likeness (QED) is 0.582. The van der Waals surface area contributed by atoms with E-state index in [1.807, 2.05) is 0 Å². The second kappa shape index (κ2) is 2.69. The van der Waals surface area contributed by atoms with Gasteiger partial charge in [-0.1, -0.05) is 0 Å². The van der Waals surface area contributed by atoms with Crippen molar-refractivity contribution in [2.45, 2.75) is 0 Å². The largest absolute Gasteiger partial charge is 0.348 e. The van der Waals surface area contributed by atoms with E-state index in [2.05, 4.69) is 9.97 Å². The Kier molecular flexibility index (Phi) is 1.89. The van der Waals surface area contributed by atoms with Crippen LogP contribution < -0.4 is 10.5 Å². The first-order valence-electron chi connectivity index (χ1n) is 3.04. The fourth-order valence-corrected chi connectivity index (χ4v) is 0.628. The number of anilines is 1. The third kappa shape index (κ3) is 1.76. The molecule has 4 nitrogen and oxygen atoms in total. The Labute approximate surface area is 62.7 Å². The first kappa shape index (κ1) is 7.71. The Morgan fingerprint density at radius 1 is 1.64 bits per heavy atom. The van der Waals surface area contributed by atoms with Gasteiger partial charge in [-0.05, 0) is 0 Å². The minimum atomic E-state index is -0.766. The highest BCUT2D eigenvalue weighted by Gasteiger charge is 2.00. The van der Waals surface area contributed by atoms with Crippen LogP contribution in [-0.2, 0) is 0 Å². The summed E-state index contributed by atoms with van der Waals surface area (Å²) in [7, 11) is 3.33. The van der Waals surface area contributed by atoms with Crippen molar-refractivity contribution >= 4 is 5.95 Å². The molecule has 0 aliphatic rings. The van der Waals surface area contributed by atoms with Gasteiger partial charge < -0.3 is 4.90 Å². The van der Waals surface area contributed by atoms with Gasteiger partial charge in [0.2, 0.25) is 11.9 Å². The number of nitrogens with one attached hydrogen (secondary N) is 1.